The molecule has 0 fully saturated rings. The number of amides is 2. The molecule has 1 unspecified atom stereocenters. The van der Waals surface area contributed by atoms with Crippen molar-refractivity contribution in [2.75, 3.05) is 19.5 Å². The lowest BCUT2D eigenvalue weighted by atomic mass is 10.2. The lowest BCUT2D eigenvalue weighted by molar-refractivity contribution is 0.256. The second kappa shape index (κ2) is 8.75. The van der Waals surface area contributed by atoms with Crippen LogP contribution in [0.1, 0.15) is 19.8 Å². The van der Waals surface area contributed by atoms with E-state index in [2.05, 4.69) is 25.7 Å². The molecule has 0 spiro atoms. The van der Waals surface area contributed by atoms with Gasteiger partial charge in [-0.3, -0.25) is 5.32 Å². The van der Waals surface area contributed by atoms with Crippen molar-refractivity contribution in [3.8, 4) is 11.8 Å². The summed E-state index contributed by atoms with van der Waals surface area (Å²) in [5.74, 6) is 0.0172. The van der Waals surface area contributed by atoms with Crippen LogP contribution in [-0.4, -0.2) is 55.5 Å². The van der Waals surface area contributed by atoms with Gasteiger partial charge in [-0.2, -0.15) is 23.5 Å². The largest absolute Gasteiger partial charge is 0.481 e. The van der Waals surface area contributed by atoms with E-state index in [0.717, 1.165) is 6.42 Å². The topological polar surface area (TPSA) is 147 Å². The van der Waals surface area contributed by atoms with Gasteiger partial charge in [0.05, 0.1) is 26.0 Å². The SMILES string of the molecule is CCCC1=NN2C(S(=O)(=O)NC(=O)Nc3nc(OC)cc(OC)n3)=C(Cl)NC2C=C1. The average molecular weight is 458 g/mol. The third-order valence-electron chi connectivity index (χ3n) is 3.95. The second-order valence-electron chi connectivity index (χ2n) is 6.09. The molecule has 1 aromatic rings. The maximum atomic E-state index is 12.8. The van der Waals surface area contributed by atoms with Crippen molar-refractivity contribution in [2.24, 2.45) is 5.10 Å². The lowest BCUT2D eigenvalue weighted by Crippen LogP contribution is -2.41. The van der Waals surface area contributed by atoms with E-state index in [1.807, 2.05) is 11.6 Å². The minimum atomic E-state index is -4.38. The van der Waals surface area contributed by atoms with Crippen LogP contribution in [0.4, 0.5) is 10.7 Å². The summed E-state index contributed by atoms with van der Waals surface area (Å²) in [7, 11) is -1.64. The predicted octanol–water partition coefficient (Wildman–Crippen LogP) is 1.27. The van der Waals surface area contributed by atoms with Gasteiger partial charge in [-0.25, -0.2) is 14.5 Å². The van der Waals surface area contributed by atoms with Crippen molar-refractivity contribution < 1.29 is 22.7 Å². The summed E-state index contributed by atoms with van der Waals surface area (Å²) in [6.07, 6.45) is 4.45. The summed E-state index contributed by atoms with van der Waals surface area (Å²) in [6, 6.07) is 0.292. The van der Waals surface area contributed by atoms with Crippen molar-refractivity contribution in [2.45, 2.75) is 25.9 Å². The van der Waals surface area contributed by atoms with E-state index < -0.39 is 22.2 Å². The predicted molar refractivity (Wildman–Crippen MR) is 109 cm³/mol. The van der Waals surface area contributed by atoms with E-state index in [1.165, 1.54) is 25.3 Å². The molecule has 0 saturated heterocycles. The van der Waals surface area contributed by atoms with Gasteiger partial charge in [0, 0.05) is 0 Å². The Bertz CT molecular complexity index is 1020. The first-order valence-electron chi connectivity index (χ1n) is 8.79. The zero-order valence-corrected chi connectivity index (χ0v) is 17.9. The third kappa shape index (κ3) is 4.57. The van der Waals surface area contributed by atoms with Crippen molar-refractivity contribution in [1.82, 2.24) is 25.0 Å². The highest BCUT2D eigenvalue weighted by atomic mass is 35.5. The number of nitrogens with zero attached hydrogens (tertiary/aromatic N) is 4. The van der Waals surface area contributed by atoms with Gasteiger partial charge in [-0.1, -0.05) is 24.9 Å². The summed E-state index contributed by atoms with van der Waals surface area (Å²) in [5.41, 5.74) is 0.691. The highest BCUT2D eigenvalue weighted by Crippen LogP contribution is 2.30. The summed E-state index contributed by atoms with van der Waals surface area (Å²) >= 11 is 6.10. The van der Waals surface area contributed by atoms with Crippen molar-refractivity contribution in [3.63, 3.8) is 0 Å². The molecule has 14 heteroatoms. The Morgan fingerprint density at radius 3 is 2.57 bits per heavy atom. The van der Waals surface area contributed by atoms with Gasteiger partial charge in [0.15, 0.2) is 0 Å². The number of urea groups is 1. The standard InChI is InChI=1S/C16H20ClN7O5S/c1-4-5-9-6-7-10-18-13(17)14(24(10)22-9)30(26,27)23-16(25)21-15-19-11(28-2)8-12(20-15)29-3/h6-8,10,18H,4-5H2,1-3H3,(H2,19,20,21,23,25). The molecule has 3 rings (SSSR count). The van der Waals surface area contributed by atoms with Gasteiger partial charge in [-0.15, -0.1) is 0 Å². The van der Waals surface area contributed by atoms with Crippen molar-refractivity contribution >= 4 is 39.3 Å². The van der Waals surface area contributed by atoms with Gasteiger partial charge in [0.25, 0.3) is 10.0 Å². The number of carbonyl (C=O) groups excluding carboxylic acids is 1. The number of hydrogen-bond donors (Lipinski definition) is 3. The molecule has 0 radical (unpaired) electrons. The molecular formula is C16H20ClN7O5S. The van der Waals surface area contributed by atoms with Crippen LogP contribution in [-0.2, 0) is 10.0 Å². The fraction of sp³-hybridized carbons (Fsp3) is 0.375. The minimum absolute atomic E-state index is 0.117. The number of halogens is 1. The molecule has 2 aliphatic rings. The molecule has 0 aliphatic carbocycles. The molecule has 0 aromatic carbocycles. The molecule has 2 aliphatic heterocycles. The molecule has 162 valence electrons. The van der Waals surface area contributed by atoms with Crippen molar-refractivity contribution in [3.05, 3.63) is 28.4 Å². The normalized spacial score (nSPS) is 17.8. The van der Waals surface area contributed by atoms with Crippen LogP contribution in [0, 0.1) is 0 Å². The smallest absolute Gasteiger partial charge is 0.335 e. The molecule has 0 saturated carbocycles. The number of hydrazone groups is 1. The molecule has 2 amide bonds. The minimum Gasteiger partial charge on any atom is -0.481 e. The summed E-state index contributed by atoms with van der Waals surface area (Å²) in [4.78, 5) is 20.1. The number of anilines is 1. The number of nitrogens with one attached hydrogen (secondary N) is 3. The Labute approximate surface area is 178 Å². The van der Waals surface area contributed by atoms with Gasteiger partial charge in [0.2, 0.25) is 22.7 Å². The summed E-state index contributed by atoms with van der Waals surface area (Å²) in [5, 5.41) is 10.0. The number of carbonyl (C=O) groups is 1. The number of rotatable bonds is 7. The molecule has 30 heavy (non-hydrogen) atoms. The van der Waals surface area contributed by atoms with Crippen LogP contribution in [0.2, 0.25) is 0 Å². The molecule has 3 heterocycles. The lowest BCUT2D eigenvalue weighted by Gasteiger charge is -2.25. The monoisotopic (exact) mass is 457 g/mol. The second-order valence-corrected chi connectivity index (χ2v) is 8.06. The Morgan fingerprint density at radius 2 is 1.97 bits per heavy atom. The highest BCUT2D eigenvalue weighted by molar-refractivity contribution is 7.93. The number of methoxy groups -OCH3 is 2. The average Bonchev–Trinajstić information content (AvgIpc) is 3.03. The number of hydrogen-bond acceptors (Lipinski definition) is 10. The number of aromatic nitrogens is 2. The molecule has 1 atom stereocenters. The molecule has 0 bridgehead atoms. The first kappa shape index (κ1) is 21.6. The van der Waals surface area contributed by atoms with E-state index in [4.69, 9.17) is 21.1 Å². The van der Waals surface area contributed by atoms with Crippen LogP contribution >= 0.6 is 11.6 Å². The summed E-state index contributed by atoms with van der Waals surface area (Å²) < 4.78 is 37.5. The Kier molecular flexibility index (Phi) is 6.31. The summed E-state index contributed by atoms with van der Waals surface area (Å²) in [6.45, 7) is 1.98. The maximum Gasteiger partial charge on any atom is 0.335 e. The van der Waals surface area contributed by atoms with Crippen LogP contribution in [0.25, 0.3) is 0 Å². The fourth-order valence-electron chi connectivity index (χ4n) is 2.69. The Balaban J connectivity index is 1.78. The Morgan fingerprint density at radius 1 is 1.30 bits per heavy atom. The van der Waals surface area contributed by atoms with E-state index in [0.29, 0.717) is 12.1 Å². The van der Waals surface area contributed by atoms with Gasteiger partial charge < -0.3 is 14.8 Å². The van der Waals surface area contributed by atoms with E-state index >= 15 is 0 Å². The molecule has 1 aromatic heterocycles. The fourth-order valence-corrected chi connectivity index (χ4v) is 4.28. The highest BCUT2D eigenvalue weighted by Gasteiger charge is 2.40. The van der Waals surface area contributed by atoms with Crippen LogP contribution in [0.15, 0.2) is 33.5 Å². The van der Waals surface area contributed by atoms with Crippen LogP contribution < -0.4 is 24.8 Å². The van der Waals surface area contributed by atoms with E-state index in [-0.39, 0.29) is 27.9 Å². The third-order valence-corrected chi connectivity index (χ3v) is 5.71. The molecule has 3 N–H and O–H groups in total. The van der Waals surface area contributed by atoms with E-state index in [9.17, 15) is 13.2 Å². The number of ether oxygens (including phenoxy) is 2. The number of fused-ring (bicyclic) bond motifs is 1. The van der Waals surface area contributed by atoms with Crippen LogP contribution in [0.5, 0.6) is 11.8 Å². The number of allylic oxidation sites excluding steroid dienone is 1. The van der Waals surface area contributed by atoms with Gasteiger partial charge >= 0.3 is 6.03 Å². The Hall–Kier alpha value is -3.06. The first-order valence-corrected chi connectivity index (χ1v) is 10.7. The van der Waals surface area contributed by atoms with Crippen molar-refractivity contribution in [1.29, 1.82) is 0 Å². The molecule has 12 nitrogen and oxygen atoms in total. The van der Waals surface area contributed by atoms with Gasteiger partial charge in [-0.05, 0) is 18.6 Å². The number of sulfonamides is 1. The molecular weight excluding hydrogens is 438 g/mol. The maximum absolute atomic E-state index is 12.8. The zero-order valence-electron chi connectivity index (χ0n) is 16.3. The zero-order chi connectivity index (χ0) is 21.9. The first-order chi connectivity index (χ1) is 14.3. The van der Waals surface area contributed by atoms with Crippen LogP contribution in [0.3, 0.4) is 0 Å². The quantitative estimate of drug-likeness (QED) is 0.514. The van der Waals surface area contributed by atoms with Gasteiger partial charge in [0.1, 0.15) is 11.3 Å². The van der Waals surface area contributed by atoms with E-state index in [1.54, 1.807) is 12.2 Å².